The van der Waals surface area contributed by atoms with Crippen LogP contribution in [-0.4, -0.2) is 48.9 Å². The molecule has 0 unspecified atom stereocenters. The Hall–Kier alpha value is -2.82. The second-order valence-electron chi connectivity index (χ2n) is 7.53. The van der Waals surface area contributed by atoms with Crippen LogP contribution in [0.2, 0.25) is 0 Å². The zero-order chi connectivity index (χ0) is 21.9. The molecule has 0 radical (unpaired) electrons. The van der Waals surface area contributed by atoms with Gasteiger partial charge in [-0.05, 0) is 49.4 Å². The Morgan fingerprint density at radius 3 is 2.50 bits per heavy atom. The van der Waals surface area contributed by atoms with Crippen molar-refractivity contribution in [2.75, 3.05) is 38.5 Å². The number of anilines is 1. The number of likely N-dealkylation sites (N-methyl/N-ethyl adjacent to an activating group) is 1. The predicted molar refractivity (Wildman–Crippen MR) is 111 cm³/mol. The number of terminal acetylenes is 1. The number of alkyl halides is 3. The van der Waals surface area contributed by atoms with Crippen molar-refractivity contribution in [2.45, 2.75) is 19.6 Å². The maximum atomic E-state index is 13.9. The molecule has 1 aliphatic rings. The highest BCUT2D eigenvalue weighted by Crippen LogP contribution is 2.38. The van der Waals surface area contributed by atoms with Crippen molar-refractivity contribution in [2.24, 2.45) is 0 Å². The van der Waals surface area contributed by atoms with Crippen molar-refractivity contribution in [3.63, 3.8) is 0 Å². The molecule has 0 aromatic heterocycles. The van der Waals surface area contributed by atoms with Crippen molar-refractivity contribution in [1.29, 1.82) is 0 Å². The summed E-state index contributed by atoms with van der Waals surface area (Å²) in [5.41, 5.74) is 0.502. The summed E-state index contributed by atoms with van der Waals surface area (Å²) in [5.74, 6) is 1.93. The molecule has 2 aromatic carbocycles. The van der Waals surface area contributed by atoms with Crippen LogP contribution in [0.4, 0.5) is 18.9 Å². The minimum absolute atomic E-state index is 0.00980. The van der Waals surface area contributed by atoms with Gasteiger partial charge in [0.1, 0.15) is 0 Å². The molecule has 1 saturated heterocycles. The van der Waals surface area contributed by atoms with Gasteiger partial charge in [-0.15, -0.1) is 6.42 Å². The SMILES string of the molecule is C#Cc1cccc(C(=O)Nc2ccc(CN3CCN(C)CC3)c(C(F)(F)F)c2C)c1. The summed E-state index contributed by atoms with van der Waals surface area (Å²) in [4.78, 5) is 16.7. The van der Waals surface area contributed by atoms with Gasteiger partial charge in [0.2, 0.25) is 0 Å². The maximum absolute atomic E-state index is 13.9. The molecule has 3 rings (SSSR count). The van der Waals surface area contributed by atoms with Crippen LogP contribution in [0.25, 0.3) is 0 Å². The zero-order valence-corrected chi connectivity index (χ0v) is 17.0. The summed E-state index contributed by atoms with van der Waals surface area (Å²) in [5, 5.41) is 2.60. The lowest BCUT2D eigenvalue weighted by molar-refractivity contribution is -0.138. The molecule has 30 heavy (non-hydrogen) atoms. The van der Waals surface area contributed by atoms with Crippen molar-refractivity contribution in [1.82, 2.24) is 9.80 Å². The lowest BCUT2D eigenvalue weighted by atomic mass is 9.98. The highest BCUT2D eigenvalue weighted by atomic mass is 19.4. The fourth-order valence-electron chi connectivity index (χ4n) is 3.62. The molecule has 1 N–H and O–H groups in total. The summed E-state index contributed by atoms with van der Waals surface area (Å²) < 4.78 is 41.7. The number of benzene rings is 2. The number of nitrogens with zero attached hydrogens (tertiary/aromatic N) is 2. The zero-order valence-electron chi connectivity index (χ0n) is 17.0. The number of halogens is 3. The van der Waals surface area contributed by atoms with Gasteiger partial charge in [0, 0.05) is 49.5 Å². The number of piperazine rings is 1. The molecule has 1 aliphatic heterocycles. The first-order chi connectivity index (χ1) is 14.2. The number of carbonyl (C=O) groups excluding carboxylic acids is 1. The number of carbonyl (C=O) groups is 1. The van der Waals surface area contributed by atoms with E-state index in [-0.39, 0.29) is 23.4 Å². The van der Waals surface area contributed by atoms with E-state index in [0.29, 0.717) is 11.1 Å². The lowest BCUT2D eigenvalue weighted by Gasteiger charge is -2.33. The highest BCUT2D eigenvalue weighted by molar-refractivity contribution is 6.05. The minimum Gasteiger partial charge on any atom is -0.322 e. The van der Waals surface area contributed by atoms with Crippen LogP contribution in [0.3, 0.4) is 0 Å². The molecule has 0 spiro atoms. The Morgan fingerprint density at radius 1 is 1.17 bits per heavy atom. The van der Waals surface area contributed by atoms with Gasteiger partial charge < -0.3 is 10.2 Å². The van der Waals surface area contributed by atoms with Crippen molar-refractivity contribution < 1.29 is 18.0 Å². The molecule has 0 aliphatic carbocycles. The van der Waals surface area contributed by atoms with Gasteiger partial charge in [0.05, 0.1) is 5.56 Å². The molecule has 0 bridgehead atoms. The maximum Gasteiger partial charge on any atom is 0.417 e. The molecule has 158 valence electrons. The van der Waals surface area contributed by atoms with E-state index in [0.717, 1.165) is 26.2 Å². The van der Waals surface area contributed by atoms with Crippen LogP contribution in [0.1, 0.15) is 32.6 Å². The fraction of sp³-hybridized carbons (Fsp3) is 0.348. The van der Waals surface area contributed by atoms with E-state index in [1.807, 2.05) is 11.9 Å². The normalized spacial score (nSPS) is 15.6. The third kappa shape index (κ3) is 5.02. The van der Waals surface area contributed by atoms with Gasteiger partial charge >= 0.3 is 6.18 Å². The Morgan fingerprint density at radius 2 is 1.87 bits per heavy atom. The first-order valence-electron chi connectivity index (χ1n) is 9.67. The van der Waals surface area contributed by atoms with E-state index in [4.69, 9.17) is 6.42 Å². The standard InChI is InChI=1S/C23H24F3N3O/c1-4-17-6-5-7-18(14-17)22(30)27-20-9-8-19(21(16(20)2)23(24,25)26)15-29-12-10-28(3)11-13-29/h1,5-9,14H,10-13,15H2,2-3H3,(H,27,30). The van der Waals surface area contributed by atoms with E-state index in [1.54, 1.807) is 24.3 Å². The van der Waals surface area contributed by atoms with E-state index in [1.165, 1.54) is 19.1 Å². The van der Waals surface area contributed by atoms with E-state index >= 15 is 0 Å². The molecule has 1 amide bonds. The Labute approximate surface area is 174 Å². The molecule has 7 heteroatoms. The van der Waals surface area contributed by atoms with Crippen LogP contribution in [0.15, 0.2) is 36.4 Å². The molecule has 4 nitrogen and oxygen atoms in total. The Bertz CT molecular complexity index is 971. The number of hydrogen-bond acceptors (Lipinski definition) is 3. The third-order valence-corrected chi connectivity index (χ3v) is 5.36. The summed E-state index contributed by atoms with van der Waals surface area (Å²) in [7, 11) is 2.00. The van der Waals surface area contributed by atoms with Gasteiger partial charge in [0.25, 0.3) is 5.91 Å². The summed E-state index contributed by atoms with van der Waals surface area (Å²) in [6.45, 7) is 4.70. The van der Waals surface area contributed by atoms with Gasteiger partial charge in [-0.3, -0.25) is 9.69 Å². The molecule has 0 saturated carbocycles. The summed E-state index contributed by atoms with van der Waals surface area (Å²) in [6.07, 6.45) is 0.833. The molecule has 1 fully saturated rings. The average molecular weight is 415 g/mol. The smallest absolute Gasteiger partial charge is 0.322 e. The van der Waals surface area contributed by atoms with E-state index in [9.17, 15) is 18.0 Å². The molecule has 0 atom stereocenters. The van der Waals surface area contributed by atoms with Crippen LogP contribution in [0, 0.1) is 19.3 Å². The van der Waals surface area contributed by atoms with Crippen molar-refractivity contribution in [3.05, 3.63) is 64.2 Å². The van der Waals surface area contributed by atoms with Gasteiger partial charge in [0.15, 0.2) is 0 Å². The first-order valence-corrected chi connectivity index (χ1v) is 9.67. The monoisotopic (exact) mass is 415 g/mol. The average Bonchev–Trinajstić information content (AvgIpc) is 2.70. The molecule has 2 aromatic rings. The molecular formula is C23H24F3N3O. The van der Waals surface area contributed by atoms with E-state index < -0.39 is 17.6 Å². The Kier molecular flexibility index (Phi) is 6.49. The van der Waals surface area contributed by atoms with Gasteiger partial charge in [-0.2, -0.15) is 13.2 Å². The van der Waals surface area contributed by atoms with Crippen molar-refractivity contribution in [3.8, 4) is 12.3 Å². The summed E-state index contributed by atoms with van der Waals surface area (Å²) in [6, 6.07) is 9.41. The number of nitrogens with one attached hydrogen (secondary N) is 1. The van der Waals surface area contributed by atoms with Gasteiger partial charge in [-0.25, -0.2) is 0 Å². The lowest BCUT2D eigenvalue weighted by Crippen LogP contribution is -2.44. The van der Waals surface area contributed by atoms with Crippen LogP contribution < -0.4 is 5.32 Å². The second kappa shape index (κ2) is 8.90. The van der Waals surface area contributed by atoms with Crippen LogP contribution in [-0.2, 0) is 12.7 Å². The first kappa shape index (κ1) is 21.9. The predicted octanol–water partition coefficient (Wildman–Crippen LogP) is 3.99. The number of rotatable bonds is 4. The third-order valence-electron chi connectivity index (χ3n) is 5.36. The fourth-order valence-corrected chi connectivity index (χ4v) is 3.62. The minimum atomic E-state index is -4.52. The van der Waals surface area contributed by atoms with E-state index in [2.05, 4.69) is 16.1 Å². The number of hydrogen-bond donors (Lipinski definition) is 1. The number of amides is 1. The second-order valence-corrected chi connectivity index (χ2v) is 7.53. The van der Waals surface area contributed by atoms with Gasteiger partial charge in [-0.1, -0.05) is 18.1 Å². The van der Waals surface area contributed by atoms with Crippen LogP contribution in [0.5, 0.6) is 0 Å². The quantitative estimate of drug-likeness (QED) is 0.767. The Balaban J connectivity index is 1.87. The topological polar surface area (TPSA) is 35.6 Å². The van der Waals surface area contributed by atoms with Crippen molar-refractivity contribution >= 4 is 11.6 Å². The molecule has 1 heterocycles. The van der Waals surface area contributed by atoms with Crippen LogP contribution >= 0.6 is 0 Å². The largest absolute Gasteiger partial charge is 0.417 e. The highest BCUT2D eigenvalue weighted by Gasteiger charge is 2.36. The molecular weight excluding hydrogens is 391 g/mol. The summed E-state index contributed by atoms with van der Waals surface area (Å²) >= 11 is 0.